The zero-order valence-electron chi connectivity index (χ0n) is 17.7. The molecule has 3 aromatic carbocycles. The molecule has 4 rings (SSSR count). The van der Waals surface area contributed by atoms with E-state index in [-0.39, 0.29) is 18.2 Å². The van der Waals surface area contributed by atoms with Crippen LogP contribution in [0.25, 0.3) is 10.9 Å². The first kappa shape index (κ1) is 23.5. The van der Waals surface area contributed by atoms with Crippen LogP contribution in [0.5, 0.6) is 0 Å². The summed E-state index contributed by atoms with van der Waals surface area (Å²) in [4.78, 5) is 9.39. The number of fused-ring (bicyclic) bond motifs is 1. The van der Waals surface area contributed by atoms with E-state index in [2.05, 4.69) is 20.3 Å². The summed E-state index contributed by atoms with van der Waals surface area (Å²) in [5.41, 5.74) is 4.30. The Labute approximate surface area is 193 Å². The van der Waals surface area contributed by atoms with Crippen LogP contribution in [-0.4, -0.2) is 25.4 Å². The van der Waals surface area contributed by atoms with Crippen LogP contribution in [0.4, 0.5) is 23.1 Å². The molecule has 166 valence electrons. The first-order chi connectivity index (χ1) is 14.9. The summed E-state index contributed by atoms with van der Waals surface area (Å²) < 4.78 is 25.8. The maximum Gasteiger partial charge on any atom is 0.229 e. The molecule has 0 radical (unpaired) electrons. The zero-order chi connectivity index (χ0) is 21.8. The number of rotatable bonds is 7. The largest absolute Gasteiger partial charge is 0.340 e. The summed E-state index contributed by atoms with van der Waals surface area (Å²) in [6.07, 6.45) is 0. The van der Waals surface area contributed by atoms with Gasteiger partial charge in [0.25, 0.3) is 0 Å². The Morgan fingerprint density at radius 3 is 2.19 bits per heavy atom. The highest BCUT2D eigenvalue weighted by atomic mass is 35.5. The Morgan fingerprint density at radius 1 is 0.812 bits per heavy atom. The van der Waals surface area contributed by atoms with Gasteiger partial charge in [0.2, 0.25) is 16.0 Å². The second-order valence-electron chi connectivity index (χ2n) is 7.14. The minimum Gasteiger partial charge on any atom is -0.340 e. The van der Waals surface area contributed by atoms with E-state index in [9.17, 15) is 8.42 Å². The van der Waals surface area contributed by atoms with E-state index in [1.807, 2.05) is 67.6 Å². The van der Waals surface area contributed by atoms with E-state index in [0.29, 0.717) is 17.3 Å². The van der Waals surface area contributed by atoms with Crippen LogP contribution in [-0.2, 0) is 15.8 Å². The molecule has 0 unspecified atom stereocenters. The minimum atomic E-state index is -3.31. The summed E-state index contributed by atoms with van der Waals surface area (Å²) in [6, 6.07) is 23.0. The van der Waals surface area contributed by atoms with Crippen LogP contribution in [0.3, 0.4) is 0 Å². The molecular formula is C23H24ClN5O2S. The topological polar surface area (TPSA) is 96.0 Å². The van der Waals surface area contributed by atoms with E-state index < -0.39 is 10.0 Å². The van der Waals surface area contributed by atoms with Crippen molar-refractivity contribution in [2.75, 3.05) is 17.7 Å². The molecule has 0 atom stereocenters. The maximum atomic E-state index is 11.7. The molecule has 1 aromatic heterocycles. The first-order valence-corrected chi connectivity index (χ1v) is 11.5. The lowest BCUT2D eigenvalue weighted by Crippen LogP contribution is -2.20. The first-order valence-electron chi connectivity index (χ1n) is 9.80. The number of nitrogens with one attached hydrogen (secondary N) is 3. The van der Waals surface area contributed by atoms with Crippen molar-refractivity contribution in [1.29, 1.82) is 0 Å². The van der Waals surface area contributed by atoms with Gasteiger partial charge in [0.1, 0.15) is 5.82 Å². The van der Waals surface area contributed by atoms with E-state index in [1.54, 1.807) is 12.1 Å². The maximum absolute atomic E-state index is 11.7. The van der Waals surface area contributed by atoms with Gasteiger partial charge in [-0.3, -0.25) is 0 Å². The smallest absolute Gasteiger partial charge is 0.229 e. The van der Waals surface area contributed by atoms with Crippen molar-refractivity contribution in [1.82, 2.24) is 14.7 Å². The van der Waals surface area contributed by atoms with Crippen molar-refractivity contribution < 1.29 is 8.42 Å². The molecule has 1 heterocycles. The number of anilines is 4. The Bertz CT molecular complexity index is 1310. The number of halogens is 1. The van der Waals surface area contributed by atoms with E-state index in [4.69, 9.17) is 4.98 Å². The molecule has 0 bridgehead atoms. The van der Waals surface area contributed by atoms with Gasteiger partial charge in [-0.2, -0.15) is 4.98 Å². The molecule has 7 nitrogen and oxygen atoms in total. The molecule has 0 saturated carbocycles. The number of aryl methyl sites for hydroxylation is 1. The predicted molar refractivity (Wildman–Crippen MR) is 133 cm³/mol. The molecule has 0 saturated heterocycles. The molecule has 0 amide bonds. The summed E-state index contributed by atoms with van der Waals surface area (Å²) in [6.45, 7) is 2.02. The van der Waals surface area contributed by atoms with E-state index in [0.717, 1.165) is 27.8 Å². The van der Waals surface area contributed by atoms with Crippen LogP contribution in [0.15, 0.2) is 72.8 Å². The third-order valence-corrected chi connectivity index (χ3v) is 6.18. The third-order valence-electron chi connectivity index (χ3n) is 4.84. The number of hydrogen-bond acceptors (Lipinski definition) is 6. The second kappa shape index (κ2) is 9.95. The average molecular weight is 470 g/mol. The third kappa shape index (κ3) is 5.53. The highest BCUT2D eigenvalue weighted by molar-refractivity contribution is 7.88. The highest BCUT2D eigenvalue weighted by Crippen LogP contribution is 2.28. The Kier molecular flexibility index (Phi) is 7.29. The SMILES string of the molecule is CNS(=O)(=O)Cc1ccc(Nc2nc(Nc3ccccc3)c3cccc(C)c3n2)cc1.Cl. The molecule has 9 heteroatoms. The molecule has 32 heavy (non-hydrogen) atoms. The van der Waals surface area contributed by atoms with Crippen LogP contribution >= 0.6 is 12.4 Å². The van der Waals surface area contributed by atoms with Gasteiger partial charge in [-0.05, 0) is 55.4 Å². The van der Waals surface area contributed by atoms with Crippen LogP contribution in [0, 0.1) is 6.92 Å². The van der Waals surface area contributed by atoms with Gasteiger partial charge in [-0.25, -0.2) is 18.1 Å². The summed E-state index contributed by atoms with van der Waals surface area (Å²) >= 11 is 0. The summed E-state index contributed by atoms with van der Waals surface area (Å²) in [5.74, 6) is 1.09. The van der Waals surface area contributed by atoms with Gasteiger partial charge >= 0.3 is 0 Å². The standard InChI is InChI=1S/C23H23N5O2S.ClH/c1-16-7-6-10-20-21(16)27-23(28-22(20)25-18-8-4-3-5-9-18)26-19-13-11-17(12-14-19)15-31(29,30)24-2;/h3-14,24H,15H2,1-2H3,(H2,25,26,27,28);1H. The lowest BCUT2D eigenvalue weighted by molar-refractivity contribution is 0.587. The Hall–Kier alpha value is -3.20. The minimum absolute atomic E-state index is 0. The van der Waals surface area contributed by atoms with Gasteiger partial charge in [0, 0.05) is 16.8 Å². The van der Waals surface area contributed by atoms with Crippen LogP contribution in [0.2, 0.25) is 0 Å². The van der Waals surface area contributed by atoms with E-state index in [1.165, 1.54) is 7.05 Å². The van der Waals surface area contributed by atoms with Gasteiger partial charge in [-0.1, -0.05) is 42.5 Å². The highest BCUT2D eigenvalue weighted by Gasteiger charge is 2.11. The summed E-state index contributed by atoms with van der Waals surface area (Å²) in [5, 5.41) is 7.54. The van der Waals surface area contributed by atoms with Crippen LogP contribution < -0.4 is 15.4 Å². The van der Waals surface area contributed by atoms with Crippen molar-refractivity contribution in [3.8, 4) is 0 Å². The lowest BCUT2D eigenvalue weighted by atomic mass is 10.1. The van der Waals surface area contributed by atoms with Crippen molar-refractivity contribution in [2.24, 2.45) is 0 Å². The fourth-order valence-electron chi connectivity index (χ4n) is 3.21. The Balaban J connectivity index is 0.00000289. The predicted octanol–water partition coefficient (Wildman–Crippen LogP) is 4.90. The molecular weight excluding hydrogens is 446 g/mol. The molecule has 0 fully saturated rings. The second-order valence-corrected chi connectivity index (χ2v) is 9.07. The molecule has 3 N–H and O–H groups in total. The number of benzene rings is 3. The number of para-hydroxylation sites is 2. The molecule has 0 aliphatic carbocycles. The molecule has 4 aromatic rings. The van der Waals surface area contributed by atoms with Crippen molar-refractivity contribution in [2.45, 2.75) is 12.7 Å². The molecule has 0 spiro atoms. The van der Waals surface area contributed by atoms with Gasteiger partial charge in [0.05, 0.1) is 11.3 Å². The quantitative estimate of drug-likeness (QED) is 0.356. The normalized spacial score (nSPS) is 11.1. The lowest BCUT2D eigenvalue weighted by Gasteiger charge is -2.13. The van der Waals surface area contributed by atoms with Crippen molar-refractivity contribution in [3.05, 3.63) is 83.9 Å². The van der Waals surface area contributed by atoms with Gasteiger partial charge in [0.15, 0.2) is 0 Å². The monoisotopic (exact) mass is 469 g/mol. The molecule has 0 aliphatic rings. The number of sulfonamides is 1. The Morgan fingerprint density at radius 2 is 1.50 bits per heavy atom. The number of aromatic nitrogens is 2. The number of hydrogen-bond donors (Lipinski definition) is 3. The van der Waals surface area contributed by atoms with Gasteiger partial charge < -0.3 is 10.6 Å². The fourth-order valence-corrected chi connectivity index (χ4v) is 3.99. The van der Waals surface area contributed by atoms with Gasteiger partial charge in [-0.15, -0.1) is 12.4 Å². The van der Waals surface area contributed by atoms with Crippen LogP contribution in [0.1, 0.15) is 11.1 Å². The van der Waals surface area contributed by atoms with Crippen molar-refractivity contribution >= 4 is 56.5 Å². The average Bonchev–Trinajstić information content (AvgIpc) is 2.76. The summed E-state index contributed by atoms with van der Waals surface area (Å²) in [7, 11) is -1.90. The van der Waals surface area contributed by atoms with E-state index >= 15 is 0 Å². The zero-order valence-corrected chi connectivity index (χ0v) is 19.3. The molecule has 0 aliphatic heterocycles. The number of nitrogens with zero attached hydrogens (tertiary/aromatic N) is 2. The van der Waals surface area contributed by atoms with Crippen molar-refractivity contribution in [3.63, 3.8) is 0 Å². The fraction of sp³-hybridized carbons (Fsp3) is 0.130.